The molecular formula is C13H26N2OS. The lowest BCUT2D eigenvalue weighted by atomic mass is 10.0. The monoisotopic (exact) mass is 258 g/mol. The first-order valence-corrected chi connectivity index (χ1v) is 7.90. The Hall–Kier alpha value is -0.220. The normalized spacial score (nSPS) is 17.4. The third-order valence-corrected chi connectivity index (χ3v) is 4.85. The molecule has 1 rings (SSSR count). The van der Waals surface area contributed by atoms with Crippen LogP contribution in [0.5, 0.6) is 0 Å². The summed E-state index contributed by atoms with van der Waals surface area (Å²) in [6.07, 6.45) is 4.70. The zero-order valence-corrected chi connectivity index (χ0v) is 11.9. The van der Waals surface area contributed by atoms with E-state index in [0.29, 0.717) is 16.9 Å². The molecule has 0 spiro atoms. The van der Waals surface area contributed by atoms with Crippen LogP contribution in [-0.2, 0) is 4.79 Å². The van der Waals surface area contributed by atoms with E-state index in [1.165, 1.54) is 12.8 Å². The van der Waals surface area contributed by atoms with Gasteiger partial charge in [0, 0.05) is 11.8 Å². The Bertz CT molecular complexity index is 213. The maximum atomic E-state index is 11.7. The Morgan fingerprint density at radius 2 is 2.00 bits per heavy atom. The van der Waals surface area contributed by atoms with Gasteiger partial charge in [0.1, 0.15) is 0 Å². The number of hydrogen-bond donors (Lipinski definition) is 2. The van der Waals surface area contributed by atoms with E-state index in [9.17, 15) is 4.79 Å². The molecule has 1 fully saturated rings. The molecule has 0 saturated carbocycles. The molecule has 1 amide bonds. The quantitative estimate of drug-likeness (QED) is 0.734. The maximum absolute atomic E-state index is 11.7. The Kier molecular flexibility index (Phi) is 7.69. The van der Waals surface area contributed by atoms with Crippen LogP contribution in [0.1, 0.15) is 39.5 Å². The summed E-state index contributed by atoms with van der Waals surface area (Å²) in [5.41, 5.74) is 0. The van der Waals surface area contributed by atoms with E-state index < -0.39 is 0 Å². The summed E-state index contributed by atoms with van der Waals surface area (Å²) in [6.45, 7) is 7.42. The minimum Gasteiger partial charge on any atom is -0.355 e. The number of nitrogens with one attached hydrogen (secondary N) is 2. The fourth-order valence-corrected chi connectivity index (χ4v) is 3.10. The minimum atomic E-state index is 0.209. The number of piperidine rings is 1. The third-order valence-electron chi connectivity index (χ3n) is 3.48. The summed E-state index contributed by atoms with van der Waals surface area (Å²) < 4.78 is 0. The first-order chi connectivity index (χ1) is 8.26. The van der Waals surface area contributed by atoms with Crippen LogP contribution >= 0.6 is 11.8 Å². The van der Waals surface area contributed by atoms with E-state index in [1.807, 2.05) is 11.8 Å². The van der Waals surface area contributed by atoms with Gasteiger partial charge >= 0.3 is 0 Å². The first-order valence-electron chi connectivity index (χ1n) is 6.85. The molecule has 0 bridgehead atoms. The first kappa shape index (κ1) is 14.8. The molecule has 0 aromatic carbocycles. The molecule has 4 heteroatoms. The molecule has 1 aliphatic rings. The standard InChI is InChI=1S/C13H26N2OS/c1-3-11(4-2)9-15-13(16)10-17-12-5-7-14-8-6-12/h11-12,14H,3-10H2,1-2H3,(H,15,16). The molecule has 0 radical (unpaired) electrons. The van der Waals surface area contributed by atoms with Crippen LogP contribution in [0.25, 0.3) is 0 Å². The highest BCUT2D eigenvalue weighted by Gasteiger charge is 2.15. The molecule has 0 unspecified atom stereocenters. The summed E-state index contributed by atoms with van der Waals surface area (Å²) in [6, 6.07) is 0. The number of carbonyl (C=O) groups is 1. The van der Waals surface area contributed by atoms with E-state index >= 15 is 0 Å². The fraction of sp³-hybridized carbons (Fsp3) is 0.923. The van der Waals surface area contributed by atoms with Crippen LogP contribution in [0.4, 0.5) is 0 Å². The van der Waals surface area contributed by atoms with E-state index in [4.69, 9.17) is 0 Å². The predicted molar refractivity (Wildman–Crippen MR) is 75.4 cm³/mol. The van der Waals surface area contributed by atoms with Crippen LogP contribution in [-0.4, -0.2) is 36.5 Å². The van der Waals surface area contributed by atoms with Crippen molar-refractivity contribution in [3.05, 3.63) is 0 Å². The van der Waals surface area contributed by atoms with Gasteiger partial charge in [0.15, 0.2) is 0 Å². The van der Waals surface area contributed by atoms with Crippen molar-refractivity contribution in [1.82, 2.24) is 10.6 Å². The average molecular weight is 258 g/mol. The largest absolute Gasteiger partial charge is 0.355 e. The van der Waals surface area contributed by atoms with Crippen molar-refractivity contribution in [2.24, 2.45) is 5.92 Å². The SMILES string of the molecule is CCC(CC)CNC(=O)CSC1CCNCC1. The highest BCUT2D eigenvalue weighted by molar-refractivity contribution is 8.00. The van der Waals surface area contributed by atoms with Crippen LogP contribution in [0.2, 0.25) is 0 Å². The number of hydrogen-bond acceptors (Lipinski definition) is 3. The molecule has 0 aliphatic carbocycles. The molecule has 17 heavy (non-hydrogen) atoms. The number of rotatable bonds is 7. The molecule has 0 aromatic rings. The minimum absolute atomic E-state index is 0.209. The summed E-state index contributed by atoms with van der Waals surface area (Å²) in [5, 5.41) is 7.07. The Balaban J connectivity index is 2.07. The van der Waals surface area contributed by atoms with Crippen molar-refractivity contribution in [2.75, 3.05) is 25.4 Å². The molecule has 1 aliphatic heterocycles. The van der Waals surface area contributed by atoms with Crippen molar-refractivity contribution >= 4 is 17.7 Å². The molecule has 0 atom stereocenters. The Labute approximate surface area is 109 Å². The van der Waals surface area contributed by atoms with Crippen molar-refractivity contribution in [3.8, 4) is 0 Å². The zero-order chi connectivity index (χ0) is 12.5. The van der Waals surface area contributed by atoms with E-state index in [1.54, 1.807) is 0 Å². The Morgan fingerprint density at radius 1 is 1.35 bits per heavy atom. The molecule has 1 heterocycles. The number of carbonyl (C=O) groups excluding carboxylic acids is 1. The van der Waals surface area contributed by atoms with Gasteiger partial charge in [-0.25, -0.2) is 0 Å². The molecule has 1 saturated heterocycles. The van der Waals surface area contributed by atoms with Gasteiger partial charge in [0.25, 0.3) is 0 Å². The van der Waals surface area contributed by atoms with Gasteiger partial charge in [-0.1, -0.05) is 26.7 Å². The summed E-state index contributed by atoms with van der Waals surface area (Å²) >= 11 is 1.82. The van der Waals surface area contributed by atoms with Crippen LogP contribution < -0.4 is 10.6 Å². The predicted octanol–water partition coefficient (Wildman–Crippen LogP) is 2.02. The second-order valence-corrected chi connectivity index (χ2v) is 6.04. The number of thioether (sulfide) groups is 1. The van der Waals surface area contributed by atoms with Crippen LogP contribution in [0, 0.1) is 5.92 Å². The molecule has 2 N–H and O–H groups in total. The summed E-state index contributed by atoms with van der Waals surface area (Å²) in [7, 11) is 0. The summed E-state index contributed by atoms with van der Waals surface area (Å²) in [5.74, 6) is 1.48. The van der Waals surface area contributed by atoms with E-state index in [-0.39, 0.29) is 5.91 Å². The summed E-state index contributed by atoms with van der Waals surface area (Å²) in [4.78, 5) is 11.7. The fourth-order valence-electron chi connectivity index (χ4n) is 2.04. The van der Waals surface area contributed by atoms with Gasteiger partial charge in [0.2, 0.25) is 5.91 Å². The van der Waals surface area contributed by atoms with Crippen molar-refractivity contribution in [2.45, 2.75) is 44.8 Å². The van der Waals surface area contributed by atoms with Gasteiger partial charge in [-0.05, 0) is 31.8 Å². The van der Waals surface area contributed by atoms with Crippen LogP contribution in [0.3, 0.4) is 0 Å². The lowest BCUT2D eigenvalue weighted by Crippen LogP contribution is -2.33. The van der Waals surface area contributed by atoms with Gasteiger partial charge < -0.3 is 10.6 Å². The number of amides is 1. The lowest BCUT2D eigenvalue weighted by molar-refractivity contribution is -0.118. The van der Waals surface area contributed by atoms with Crippen molar-refractivity contribution in [1.29, 1.82) is 0 Å². The molecule has 0 aromatic heterocycles. The Morgan fingerprint density at radius 3 is 2.59 bits per heavy atom. The molecule has 100 valence electrons. The topological polar surface area (TPSA) is 41.1 Å². The molecular weight excluding hydrogens is 232 g/mol. The molecule has 3 nitrogen and oxygen atoms in total. The van der Waals surface area contributed by atoms with Crippen LogP contribution in [0.15, 0.2) is 0 Å². The van der Waals surface area contributed by atoms with E-state index in [2.05, 4.69) is 24.5 Å². The lowest BCUT2D eigenvalue weighted by Gasteiger charge is -2.22. The highest BCUT2D eigenvalue weighted by Crippen LogP contribution is 2.19. The van der Waals surface area contributed by atoms with Gasteiger partial charge in [-0.3, -0.25) is 4.79 Å². The average Bonchev–Trinajstić information content (AvgIpc) is 2.39. The highest BCUT2D eigenvalue weighted by atomic mass is 32.2. The maximum Gasteiger partial charge on any atom is 0.230 e. The third kappa shape index (κ3) is 6.32. The van der Waals surface area contributed by atoms with Crippen molar-refractivity contribution in [3.63, 3.8) is 0 Å². The second kappa shape index (κ2) is 8.81. The van der Waals surface area contributed by atoms with Gasteiger partial charge in [-0.2, -0.15) is 0 Å². The smallest absolute Gasteiger partial charge is 0.230 e. The van der Waals surface area contributed by atoms with E-state index in [0.717, 1.165) is 32.5 Å². The van der Waals surface area contributed by atoms with Gasteiger partial charge in [-0.15, -0.1) is 11.8 Å². The second-order valence-electron chi connectivity index (χ2n) is 4.75. The van der Waals surface area contributed by atoms with Gasteiger partial charge in [0.05, 0.1) is 5.75 Å². The van der Waals surface area contributed by atoms with Crippen molar-refractivity contribution < 1.29 is 4.79 Å². The zero-order valence-electron chi connectivity index (χ0n) is 11.1.